The fourth-order valence-electron chi connectivity index (χ4n) is 1.25. The number of ether oxygens (including phenoxy) is 1. The number of nitrogens with zero attached hydrogens (tertiary/aromatic N) is 1. The van der Waals surface area contributed by atoms with Gasteiger partial charge in [0.1, 0.15) is 5.75 Å². The Hall–Kier alpha value is -1.18. The maximum absolute atomic E-state index is 5.25. The summed E-state index contributed by atoms with van der Waals surface area (Å²) in [4.78, 5) is 3.88. The van der Waals surface area contributed by atoms with Gasteiger partial charge in [-0.15, -0.1) is 0 Å². The van der Waals surface area contributed by atoms with Gasteiger partial charge in [-0.25, -0.2) is 4.99 Å². The van der Waals surface area contributed by atoms with Crippen LogP contribution in [0, 0.1) is 6.92 Å². The van der Waals surface area contributed by atoms with Gasteiger partial charge in [-0.05, 0) is 24.7 Å². The van der Waals surface area contributed by atoms with Crippen LogP contribution in [0.1, 0.15) is 18.6 Å². The lowest BCUT2D eigenvalue weighted by Gasteiger charge is -2.08. The zero-order valence-corrected chi connectivity index (χ0v) is 8.52. The molecule has 1 rings (SSSR count). The van der Waals surface area contributed by atoms with Crippen molar-refractivity contribution in [2.75, 3.05) is 7.11 Å². The summed E-state index contributed by atoms with van der Waals surface area (Å²) in [5, 5.41) is 2.34. The second-order valence-corrected chi connectivity index (χ2v) is 2.86. The molecule has 0 radical (unpaired) electrons. The molecule has 0 aliphatic rings. The molecule has 0 saturated carbocycles. The van der Waals surface area contributed by atoms with E-state index < -0.39 is 0 Å². The Morgan fingerprint density at radius 1 is 1.50 bits per heavy atom. The third kappa shape index (κ3) is 2.95. The molecule has 0 spiro atoms. The minimum absolute atomic E-state index is 0. The third-order valence-corrected chi connectivity index (χ3v) is 1.94. The molecule has 0 atom stereocenters. The van der Waals surface area contributed by atoms with Crippen molar-refractivity contribution in [1.29, 1.82) is 0 Å². The normalized spacial score (nSPS) is 8.43. The van der Waals surface area contributed by atoms with E-state index in [2.05, 4.69) is 22.4 Å². The quantitative estimate of drug-likeness (QED) is 0.563. The van der Waals surface area contributed by atoms with Gasteiger partial charge in [-0.1, -0.05) is 25.6 Å². The molecule has 0 N–H and O–H groups in total. The Balaban J connectivity index is 0.00000169. The zero-order valence-electron chi connectivity index (χ0n) is 7.70. The molecule has 0 aliphatic carbocycles. The van der Waals surface area contributed by atoms with Crippen molar-refractivity contribution in [3.8, 4) is 5.75 Å². The molecule has 2 nitrogen and oxygen atoms in total. The summed E-state index contributed by atoms with van der Waals surface area (Å²) < 4.78 is 5.25. The molecule has 0 aromatic heterocycles. The smallest absolute Gasteiger partial charge is 0.126 e. The van der Waals surface area contributed by atoms with E-state index in [0.717, 1.165) is 16.9 Å². The van der Waals surface area contributed by atoms with Crippen LogP contribution in [0.25, 0.3) is 0 Å². The van der Waals surface area contributed by atoms with E-state index >= 15 is 0 Å². The number of para-hydroxylation sites is 1. The van der Waals surface area contributed by atoms with Crippen molar-refractivity contribution >= 4 is 17.4 Å². The molecule has 0 unspecified atom stereocenters. The predicted octanol–water partition coefficient (Wildman–Crippen LogP) is 3.24. The highest BCUT2D eigenvalue weighted by molar-refractivity contribution is 7.78. The second-order valence-electron chi connectivity index (χ2n) is 2.67. The molecule has 0 amide bonds. The van der Waals surface area contributed by atoms with Crippen LogP contribution >= 0.6 is 12.2 Å². The van der Waals surface area contributed by atoms with E-state index in [1.54, 1.807) is 7.11 Å². The standard InChI is InChI=1S/C10H11NOS.CH4/c1-8-4-3-5-9(6-11-7-13)10(8)12-2;/h3-5H,6H2,1-2H3;1H4. The summed E-state index contributed by atoms with van der Waals surface area (Å²) >= 11 is 4.51. The molecule has 0 aliphatic heterocycles. The van der Waals surface area contributed by atoms with E-state index in [0.29, 0.717) is 6.54 Å². The lowest BCUT2D eigenvalue weighted by Crippen LogP contribution is -1.93. The lowest BCUT2D eigenvalue weighted by molar-refractivity contribution is 0.407. The van der Waals surface area contributed by atoms with Gasteiger partial charge < -0.3 is 4.74 Å². The van der Waals surface area contributed by atoms with E-state index in [1.165, 1.54) is 0 Å². The fourth-order valence-corrected chi connectivity index (χ4v) is 1.31. The number of hydrogen-bond acceptors (Lipinski definition) is 3. The van der Waals surface area contributed by atoms with Gasteiger partial charge in [0.05, 0.1) is 18.8 Å². The molecule has 3 heteroatoms. The first-order valence-electron chi connectivity index (χ1n) is 3.95. The van der Waals surface area contributed by atoms with Crippen molar-refractivity contribution in [1.82, 2.24) is 0 Å². The molecule has 0 bridgehead atoms. The number of hydrogen-bond donors (Lipinski definition) is 0. The molecule has 1 aromatic rings. The first-order valence-corrected chi connectivity index (χ1v) is 4.36. The monoisotopic (exact) mass is 209 g/mol. The van der Waals surface area contributed by atoms with Crippen molar-refractivity contribution in [3.05, 3.63) is 29.3 Å². The molecule has 1 aromatic carbocycles. The summed E-state index contributed by atoms with van der Waals surface area (Å²) in [6.07, 6.45) is 0. The number of thiocarbonyl (C=S) groups is 1. The molecular formula is C11H15NOS. The topological polar surface area (TPSA) is 21.6 Å². The molecular weight excluding hydrogens is 194 g/mol. The number of isothiocyanates is 1. The highest BCUT2D eigenvalue weighted by Gasteiger charge is 2.03. The van der Waals surface area contributed by atoms with Crippen LogP contribution in [0.5, 0.6) is 5.75 Å². The zero-order chi connectivity index (χ0) is 9.68. The van der Waals surface area contributed by atoms with E-state index in [-0.39, 0.29) is 7.43 Å². The van der Waals surface area contributed by atoms with Crippen molar-refractivity contribution in [2.45, 2.75) is 20.9 Å². The molecule has 0 fully saturated rings. The maximum atomic E-state index is 5.25. The second kappa shape index (κ2) is 6.30. The Bertz CT molecular complexity index is 343. The maximum Gasteiger partial charge on any atom is 0.126 e. The van der Waals surface area contributed by atoms with Crippen LogP contribution in [0.15, 0.2) is 23.2 Å². The van der Waals surface area contributed by atoms with Crippen LogP contribution in [0.4, 0.5) is 0 Å². The average Bonchev–Trinajstić information content (AvgIpc) is 2.15. The minimum atomic E-state index is 0. The summed E-state index contributed by atoms with van der Waals surface area (Å²) in [5.74, 6) is 0.886. The van der Waals surface area contributed by atoms with Gasteiger partial charge in [0.2, 0.25) is 0 Å². The van der Waals surface area contributed by atoms with Crippen LogP contribution in [-0.4, -0.2) is 12.3 Å². The van der Waals surface area contributed by atoms with Gasteiger partial charge in [0.25, 0.3) is 0 Å². The Labute approximate surface area is 90.6 Å². The number of rotatable bonds is 3. The Morgan fingerprint density at radius 2 is 2.21 bits per heavy atom. The van der Waals surface area contributed by atoms with E-state index in [9.17, 15) is 0 Å². The Morgan fingerprint density at radius 3 is 2.79 bits per heavy atom. The highest BCUT2D eigenvalue weighted by atomic mass is 32.1. The van der Waals surface area contributed by atoms with Crippen LogP contribution < -0.4 is 4.74 Å². The van der Waals surface area contributed by atoms with E-state index in [4.69, 9.17) is 4.74 Å². The molecule has 14 heavy (non-hydrogen) atoms. The van der Waals surface area contributed by atoms with Crippen LogP contribution in [0.2, 0.25) is 0 Å². The van der Waals surface area contributed by atoms with Gasteiger partial charge in [0.15, 0.2) is 0 Å². The SMILES string of the molecule is C.COc1c(C)cccc1CN=C=S. The molecule has 0 saturated heterocycles. The summed E-state index contributed by atoms with van der Waals surface area (Å²) in [5.41, 5.74) is 2.15. The first kappa shape index (κ1) is 12.8. The minimum Gasteiger partial charge on any atom is -0.496 e. The fraction of sp³-hybridized carbons (Fsp3) is 0.364. The number of methoxy groups -OCH3 is 1. The van der Waals surface area contributed by atoms with Gasteiger partial charge in [-0.3, -0.25) is 0 Å². The summed E-state index contributed by atoms with van der Waals surface area (Å²) in [7, 11) is 1.66. The number of benzene rings is 1. The third-order valence-electron chi connectivity index (χ3n) is 1.81. The van der Waals surface area contributed by atoms with Gasteiger partial charge >= 0.3 is 0 Å². The lowest BCUT2D eigenvalue weighted by atomic mass is 10.1. The number of aryl methyl sites for hydroxylation is 1. The van der Waals surface area contributed by atoms with Crippen molar-refractivity contribution in [3.63, 3.8) is 0 Å². The van der Waals surface area contributed by atoms with Crippen LogP contribution in [0.3, 0.4) is 0 Å². The predicted molar refractivity (Wildman–Crippen MR) is 63.2 cm³/mol. The number of aliphatic imine (C=N–C) groups is 1. The van der Waals surface area contributed by atoms with E-state index in [1.807, 2.05) is 25.1 Å². The largest absolute Gasteiger partial charge is 0.496 e. The average molecular weight is 209 g/mol. The summed E-state index contributed by atoms with van der Waals surface area (Å²) in [6, 6.07) is 5.96. The van der Waals surface area contributed by atoms with Crippen LogP contribution in [-0.2, 0) is 6.54 Å². The van der Waals surface area contributed by atoms with Gasteiger partial charge in [-0.2, -0.15) is 0 Å². The highest BCUT2D eigenvalue weighted by Crippen LogP contribution is 2.23. The van der Waals surface area contributed by atoms with Crippen molar-refractivity contribution < 1.29 is 4.74 Å². The molecule has 76 valence electrons. The molecule has 0 heterocycles. The van der Waals surface area contributed by atoms with Crippen molar-refractivity contribution in [2.24, 2.45) is 4.99 Å². The first-order chi connectivity index (χ1) is 6.29. The summed E-state index contributed by atoms with van der Waals surface area (Å²) in [6.45, 7) is 2.54. The Kier molecular flexibility index (Phi) is 5.77. The van der Waals surface area contributed by atoms with Gasteiger partial charge in [0, 0.05) is 5.56 Å².